The van der Waals surface area contributed by atoms with Crippen molar-refractivity contribution in [2.45, 2.75) is 39.2 Å². The fourth-order valence-corrected chi connectivity index (χ4v) is 3.42. The Bertz CT molecular complexity index is 923. The summed E-state index contributed by atoms with van der Waals surface area (Å²) in [4.78, 5) is 38.0. The van der Waals surface area contributed by atoms with Crippen molar-refractivity contribution in [3.8, 4) is 0 Å². The Kier molecular flexibility index (Phi) is 5.78. The molecule has 1 unspecified atom stereocenters. The van der Waals surface area contributed by atoms with E-state index in [-0.39, 0.29) is 18.9 Å². The molecule has 2 amide bonds. The number of rotatable bonds is 6. The van der Waals surface area contributed by atoms with E-state index in [0.29, 0.717) is 18.4 Å². The lowest BCUT2D eigenvalue weighted by atomic mass is 10.0. The van der Waals surface area contributed by atoms with Crippen LogP contribution in [0.1, 0.15) is 41.1 Å². The van der Waals surface area contributed by atoms with Gasteiger partial charge in [-0.1, -0.05) is 36.4 Å². The molecule has 0 fully saturated rings. The first-order valence-electron chi connectivity index (χ1n) is 9.34. The first kappa shape index (κ1) is 19.6. The number of carboxylic acids is 1. The van der Waals surface area contributed by atoms with Crippen LogP contribution in [0.25, 0.3) is 0 Å². The number of aryl methyl sites for hydroxylation is 3. The third kappa shape index (κ3) is 4.22. The highest BCUT2D eigenvalue weighted by molar-refractivity contribution is 5.97. The minimum absolute atomic E-state index is 0.0181. The van der Waals surface area contributed by atoms with Gasteiger partial charge in [-0.05, 0) is 48.6 Å². The Morgan fingerprint density at radius 2 is 1.86 bits per heavy atom. The number of nitrogens with one attached hydrogen (secondary N) is 1. The van der Waals surface area contributed by atoms with Gasteiger partial charge in [0.15, 0.2) is 6.04 Å². The molecular weight excluding hydrogens is 356 g/mol. The Labute approximate surface area is 164 Å². The van der Waals surface area contributed by atoms with Crippen LogP contribution in [0.3, 0.4) is 0 Å². The summed E-state index contributed by atoms with van der Waals surface area (Å²) in [6, 6.07) is 11.9. The lowest BCUT2D eigenvalue weighted by Gasteiger charge is -2.29. The first-order chi connectivity index (χ1) is 13.4. The number of para-hydroxylation sites is 1. The SMILES string of the molecule is Cc1ccc(C(NC(=O)CCN2C(=O)CCc3ccccc32)C(=O)O)cc1C. The summed E-state index contributed by atoms with van der Waals surface area (Å²) in [6.45, 7) is 4.07. The zero-order valence-corrected chi connectivity index (χ0v) is 16.1. The lowest BCUT2D eigenvalue weighted by molar-refractivity contribution is -0.142. The smallest absolute Gasteiger partial charge is 0.330 e. The minimum Gasteiger partial charge on any atom is -0.479 e. The summed E-state index contributed by atoms with van der Waals surface area (Å²) < 4.78 is 0. The molecule has 0 bridgehead atoms. The molecule has 0 saturated carbocycles. The van der Waals surface area contributed by atoms with Gasteiger partial charge in [0.25, 0.3) is 0 Å². The summed E-state index contributed by atoms with van der Waals surface area (Å²) in [5, 5.41) is 12.1. The molecule has 2 aromatic rings. The highest BCUT2D eigenvalue weighted by Crippen LogP contribution is 2.27. The Morgan fingerprint density at radius 1 is 1.11 bits per heavy atom. The molecule has 0 saturated heterocycles. The molecule has 6 heteroatoms. The van der Waals surface area contributed by atoms with E-state index < -0.39 is 17.9 Å². The first-order valence-corrected chi connectivity index (χ1v) is 9.34. The lowest BCUT2D eigenvalue weighted by Crippen LogP contribution is -2.40. The molecule has 146 valence electrons. The quantitative estimate of drug-likeness (QED) is 0.807. The Hall–Kier alpha value is -3.15. The van der Waals surface area contributed by atoms with Crippen LogP contribution in [-0.4, -0.2) is 29.4 Å². The number of carbonyl (C=O) groups excluding carboxylic acids is 2. The van der Waals surface area contributed by atoms with E-state index in [0.717, 1.165) is 22.4 Å². The molecule has 0 aromatic heterocycles. The number of nitrogens with zero attached hydrogens (tertiary/aromatic N) is 1. The normalized spacial score (nSPS) is 14.4. The molecule has 1 atom stereocenters. The molecule has 1 aliphatic rings. The third-order valence-corrected chi connectivity index (χ3v) is 5.17. The van der Waals surface area contributed by atoms with Crippen molar-refractivity contribution in [1.29, 1.82) is 0 Å². The largest absolute Gasteiger partial charge is 0.479 e. The molecule has 2 N–H and O–H groups in total. The summed E-state index contributed by atoms with van der Waals surface area (Å²) in [5.41, 5.74) is 4.47. The molecule has 3 rings (SSSR count). The van der Waals surface area contributed by atoms with Gasteiger partial charge < -0.3 is 15.3 Å². The fourth-order valence-electron chi connectivity index (χ4n) is 3.42. The zero-order chi connectivity index (χ0) is 20.3. The van der Waals surface area contributed by atoms with E-state index in [9.17, 15) is 19.5 Å². The van der Waals surface area contributed by atoms with Crippen LogP contribution in [0.2, 0.25) is 0 Å². The topological polar surface area (TPSA) is 86.7 Å². The summed E-state index contributed by atoms with van der Waals surface area (Å²) in [5.74, 6) is -1.53. The summed E-state index contributed by atoms with van der Waals surface area (Å²) in [6.07, 6.45) is 1.15. The van der Waals surface area contributed by atoms with Gasteiger partial charge in [-0.25, -0.2) is 4.79 Å². The van der Waals surface area contributed by atoms with Crippen LogP contribution in [-0.2, 0) is 20.8 Å². The van der Waals surface area contributed by atoms with Crippen LogP contribution in [0.15, 0.2) is 42.5 Å². The van der Waals surface area contributed by atoms with Gasteiger partial charge in [-0.15, -0.1) is 0 Å². The van der Waals surface area contributed by atoms with E-state index >= 15 is 0 Å². The predicted octanol–water partition coefficient (Wildman–Crippen LogP) is 2.91. The number of aliphatic carboxylic acids is 1. The molecule has 1 aliphatic heterocycles. The van der Waals surface area contributed by atoms with Crippen LogP contribution in [0, 0.1) is 13.8 Å². The highest BCUT2D eigenvalue weighted by Gasteiger charge is 2.26. The third-order valence-electron chi connectivity index (χ3n) is 5.17. The summed E-state index contributed by atoms with van der Waals surface area (Å²) in [7, 11) is 0. The molecule has 6 nitrogen and oxygen atoms in total. The number of hydrogen-bond acceptors (Lipinski definition) is 3. The van der Waals surface area contributed by atoms with Gasteiger partial charge in [0.2, 0.25) is 11.8 Å². The molecule has 0 spiro atoms. The standard InChI is InChI=1S/C22H24N2O4/c1-14-7-8-17(13-15(14)2)21(22(27)28)23-19(25)11-12-24-18-6-4-3-5-16(18)9-10-20(24)26/h3-8,13,21H,9-12H2,1-2H3,(H,23,25)(H,27,28). The monoisotopic (exact) mass is 380 g/mol. The van der Waals surface area contributed by atoms with Crippen molar-refractivity contribution in [2.24, 2.45) is 0 Å². The number of carbonyl (C=O) groups is 3. The van der Waals surface area contributed by atoms with Crippen LogP contribution < -0.4 is 10.2 Å². The minimum atomic E-state index is -1.11. The average molecular weight is 380 g/mol. The van der Waals surface area contributed by atoms with E-state index in [4.69, 9.17) is 0 Å². The Morgan fingerprint density at radius 3 is 2.57 bits per heavy atom. The van der Waals surface area contributed by atoms with E-state index in [2.05, 4.69) is 5.32 Å². The maximum absolute atomic E-state index is 12.4. The van der Waals surface area contributed by atoms with E-state index in [1.54, 1.807) is 17.0 Å². The number of fused-ring (bicyclic) bond motifs is 1. The molecule has 0 aliphatic carbocycles. The fraction of sp³-hybridized carbons (Fsp3) is 0.318. The zero-order valence-electron chi connectivity index (χ0n) is 16.1. The number of amides is 2. The summed E-state index contributed by atoms with van der Waals surface area (Å²) >= 11 is 0. The maximum atomic E-state index is 12.4. The second kappa shape index (κ2) is 8.25. The van der Waals surface area contributed by atoms with Crippen molar-refractivity contribution < 1.29 is 19.5 Å². The predicted molar refractivity (Wildman–Crippen MR) is 106 cm³/mol. The van der Waals surface area contributed by atoms with Crippen molar-refractivity contribution in [1.82, 2.24) is 5.32 Å². The van der Waals surface area contributed by atoms with Gasteiger partial charge in [0.1, 0.15) is 0 Å². The van der Waals surface area contributed by atoms with E-state index in [1.165, 1.54) is 0 Å². The van der Waals surface area contributed by atoms with Crippen molar-refractivity contribution in [3.05, 3.63) is 64.7 Å². The number of benzene rings is 2. The average Bonchev–Trinajstić information content (AvgIpc) is 2.67. The molecular formula is C22H24N2O4. The van der Waals surface area contributed by atoms with Crippen LogP contribution in [0.5, 0.6) is 0 Å². The van der Waals surface area contributed by atoms with Gasteiger partial charge in [0, 0.05) is 25.1 Å². The molecule has 0 radical (unpaired) electrons. The number of anilines is 1. The van der Waals surface area contributed by atoms with E-state index in [1.807, 2.05) is 44.2 Å². The number of carboxylic acid groups (broad SMARTS) is 1. The van der Waals surface area contributed by atoms with Gasteiger partial charge in [0.05, 0.1) is 0 Å². The van der Waals surface area contributed by atoms with Gasteiger partial charge in [-0.2, -0.15) is 0 Å². The van der Waals surface area contributed by atoms with Crippen LogP contribution in [0.4, 0.5) is 5.69 Å². The Balaban J connectivity index is 1.68. The second-order valence-electron chi connectivity index (χ2n) is 7.11. The van der Waals surface area contributed by atoms with Gasteiger partial charge >= 0.3 is 5.97 Å². The molecule has 1 heterocycles. The molecule has 2 aromatic carbocycles. The second-order valence-corrected chi connectivity index (χ2v) is 7.11. The highest BCUT2D eigenvalue weighted by atomic mass is 16.4. The van der Waals surface area contributed by atoms with Gasteiger partial charge in [-0.3, -0.25) is 9.59 Å². The van der Waals surface area contributed by atoms with Crippen molar-refractivity contribution >= 4 is 23.5 Å². The molecule has 28 heavy (non-hydrogen) atoms. The number of hydrogen-bond donors (Lipinski definition) is 2. The maximum Gasteiger partial charge on any atom is 0.330 e. The van der Waals surface area contributed by atoms with Crippen LogP contribution >= 0.6 is 0 Å². The van der Waals surface area contributed by atoms with Crippen molar-refractivity contribution in [3.63, 3.8) is 0 Å². The van der Waals surface area contributed by atoms with Crippen molar-refractivity contribution in [2.75, 3.05) is 11.4 Å².